The van der Waals surface area contributed by atoms with E-state index < -0.39 is 11.6 Å². The molecule has 0 saturated carbocycles. The molecule has 0 amide bonds. The molecule has 112 valence electrons. The van der Waals surface area contributed by atoms with E-state index in [1.807, 2.05) is 0 Å². The molecular formula is C16H12FNO4. The maximum Gasteiger partial charge on any atom is 0.420 e. The minimum Gasteiger partial charge on any atom is -0.497 e. The second kappa shape index (κ2) is 5.48. The fourth-order valence-corrected chi connectivity index (χ4v) is 2.22. The zero-order chi connectivity index (χ0) is 15.7. The van der Waals surface area contributed by atoms with Crippen LogP contribution in [0.1, 0.15) is 10.4 Å². The third kappa shape index (κ3) is 2.50. The topological polar surface area (TPSA) is 61.4 Å². The third-order valence-electron chi connectivity index (χ3n) is 3.32. The van der Waals surface area contributed by atoms with E-state index in [2.05, 4.69) is 0 Å². The van der Waals surface area contributed by atoms with Crippen LogP contribution in [-0.4, -0.2) is 17.5 Å². The van der Waals surface area contributed by atoms with Crippen LogP contribution < -0.4 is 10.5 Å². The molecule has 2 aromatic carbocycles. The molecule has 0 spiro atoms. The summed E-state index contributed by atoms with van der Waals surface area (Å²) in [6.07, 6.45) is 0. The number of benzene rings is 2. The summed E-state index contributed by atoms with van der Waals surface area (Å²) in [7, 11) is 1.50. The van der Waals surface area contributed by atoms with Crippen molar-refractivity contribution in [2.75, 3.05) is 7.11 Å². The summed E-state index contributed by atoms with van der Waals surface area (Å²) in [5.74, 6) is -0.957. The van der Waals surface area contributed by atoms with Gasteiger partial charge < -0.3 is 9.15 Å². The van der Waals surface area contributed by atoms with Crippen LogP contribution in [0, 0.1) is 5.82 Å². The molecule has 0 unspecified atom stereocenters. The zero-order valence-corrected chi connectivity index (χ0v) is 11.7. The number of rotatable bonds is 4. The van der Waals surface area contributed by atoms with Gasteiger partial charge in [-0.1, -0.05) is 12.1 Å². The molecule has 0 bridgehead atoms. The van der Waals surface area contributed by atoms with E-state index in [1.54, 1.807) is 24.3 Å². The average molecular weight is 301 g/mol. The molecule has 5 nitrogen and oxygen atoms in total. The predicted molar refractivity (Wildman–Crippen MR) is 77.8 cm³/mol. The number of ether oxygens (including phenoxy) is 1. The highest BCUT2D eigenvalue weighted by Gasteiger charge is 2.15. The molecule has 1 aromatic heterocycles. The number of fused-ring (bicyclic) bond motifs is 1. The molecule has 0 aliphatic rings. The van der Waals surface area contributed by atoms with Gasteiger partial charge in [0.15, 0.2) is 11.4 Å². The number of hydrogen-bond acceptors (Lipinski definition) is 4. The molecule has 0 radical (unpaired) electrons. The first-order chi connectivity index (χ1) is 10.6. The van der Waals surface area contributed by atoms with Crippen molar-refractivity contribution in [2.24, 2.45) is 0 Å². The Kier molecular flexibility index (Phi) is 3.50. The minimum absolute atomic E-state index is 0.234. The maximum atomic E-state index is 13.3. The summed E-state index contributed by atoms with van der Waals surface area (Å²) < 4.78 is 24.5. The highest BCUT2D eigenvalue weighted by molar-refractivity contribution is 5.96. The summed E-state index contributed by atoms with van der Waals surface area (Å²) in [4.78, 5) is 24.1. The lowest BCUT2D eigenvalue weighted by Gasteiger charge is -2.04. The molecule has 0 aliphatic heterocycles. The summed E-state index contributed by atoms with van der Waals surface area (Å²) in [5, 5.41) is 0. The number of methoxy groups -OCH3 is 1. The number of carbonyl (C=O) groups excluding carboxylic acids is 1. The van der Waals surface area contributed by atoms with E-state index in [4.69, 9.17) is 9.15 Å². The fourth-order valence-electron chi connectivity index (χ4n) is 2.22. The van der Waals surface area contributed by atoms with Gasteiger partial charge in [0.05, 0.1) is 19.2 Å². The summed E-state index contributed by atoms with van der Waals surface area (Å²) in [6.45, 7) is -0.234. The number of halogens is 1. The molecule has 3 aromatic rings. The van der Waals surface area contributed by atoms with E-state index in [0.29, 0.717) is 11.3 Å². The van der Waals surface area contributed by atoms with Crippen molar-refractivity contribution in [3.05, 3.63) is 64.4 Å². The first-order valence-electron chi connectivity index (χ1n) is 6.54. The smallest absolute Gasteiger partial charge is 0.420 e. The molecule has 1 heterocycles. The van der Waals surface area contributed by atoms with Gasteiger partial charge in [0.2, 0.25) is 0 Å². The lowest BCUT2D eigenvalue weighted by atomic mass is 10.1. The Hall–Kier alpha value is -2.89. The van der Waals surface area contributed by atoms with E-state index in [1.165, 1.54) is 25.3 Å². The van der Waals surface area contributed by atoms with Crippen LogP contribution in [0.25, 0.3) is 11.1 Å². The first kappa shape index (κ1) is 14.1. The fraction of sp³-hybridized carbons (Fsp3) is 0.125. The Morgan fingerprint density at radius 2 is 2.09 bits per heavy atom. The maximum absolute atomic E-state index is 13.3. The molecular weight excluding hydrogens is 289 g/mol. The number of carbonyl (C=O) groups is 1. The third-order valence-corrected chi connectivity index (χ3v) is 3.32. The van der Waals surface area contributed by atoms with Gasteiger partial charge in [-0.2, -0.15) is 0 Å². The molecule has 0 aliphatic carbocycles. The number of aromatic nitrogens is 1. The number of nitrogens with zero attached hydrogens (tertiary/aromatic N) is 1. The van der Waals surface area contributed by atoms with Crippen molar-refractivity contribution in [1.29, 1.82) is 0 Å². The van der Waals surface area contributed by atoms with Gasteiger partial charge in [0.1, 0.15) is 11.6 Å². The summed E-state index contributed by atoms with van der Waals surface area (Å²) >= 11 is 0. The SMILES string of the molecule is COc1cccc(C(=O)Cn2c(=O)oc3ccc(F)cc32)c1. The van der Waals surface area contributed by atoms with Gasteiger partial charge in [-0.15, -0.1) is 0 Å². The van der Waals surface area contributed by atoms with Gasteiger partial charge in [-0.3, -0.25) is 9.36 Å². The van der Waals surface area contributed by atoms with Gasteiger partial charge in [0, 0.05) is 11.6 Å². The first-order valence-corrected chi connectivity index (χ1v) is 6.54. The minimum atomic E-state index is -0.697. The quantitative estimate of drug-likeness (QED) is 0.695. The molecule has 3 rings (SSSR count). The standard InChI is InChI=1S/C16H12FNO4/c1-21-12-4-2-3-10(7-12)14(19)9-18-13-8-11(17)5-6-15(13)22-16(18)20/h2-8H,9H2,1H3. The summed E-state index contributed by atoms with van der Waals surface area (Å²) in [5.41, 5.74) is 0.892. The second-order valence-corrected chi connectivity index (χ2v) is 4.72. The van der Waals surface area contributed by atoms with Crippen LogP contribution in [0.2, 0.25) is 0 Å². The summed E-state index contributed by atoms with van der Waals surface area (Å²) in [6, 6.07) is 10.3. The van der Waals surface area contributed by atoms with E-state index in [-0.39, 0.29) is 23.4 Å². The van der Waals surface area contributed by atoms with Crippen molar-refractivity contribution >= 4 is 16.9 Å². The lowest BCUT2D eigenvalue weighted by Crippen LogP contribution is -2.20. The highest BCUT2D eigenvalue weighted by atomic mass is 19.1. The van der Waals surface area contributed by atoms with Crippen molar-refractivity contribution in [2.45, 2.75) is 6.54 Å². The Bertz CT molecular complexity index is 910. The van der Waals surface area contributed by atoms with Crippen LogP contribution in [0.15, 0.2) is 51.7 Å². The largest absolute Gasteiger partial charge is 0.497 e. The Labute approximate surface area is 124 Å². The van der Waals surface area contributed by atoms with Gasteiger partial charge in [-0.25, -0.2) is 9.18 Å². The van der Waals surface area contributed by atoms with Gasteiger partial charge in [-0.05, 0) is 24.3 Å². The Morgan fingerprint density at radius 1 is 1.27 bits per heavy atom. The monoisotopic (exact) mass is 301 g/mol. The van der Waals surface area contributed by atoms with Crippen molar-refractivity contribution in [3.8, 4) is 5.75 Å². The predicted octanol–water partition coefficient (Wildman–Crippen LogP) is 2.63. The number of oxazole rings is 1. The Balaban J connectivity index is 1.99. The van der Waals surface area contributed by atoms with Crippen LogP contribution >= 0.6 is 0 Å². The van der Waals surface area contributed by atoms with Crippen molar-refractivity contribution in [3.63, 3.8) is 0 Å². The Morgan fingerprint density at radius 3 is 2.86 bits per heavy atom. The highest BCUT2D eigenvalue weighted by Crippen LogP contribution is 2.17. The van der Waals surface area contributed by atoms with Crippen LogP contribution in [0.3, 0.4) is 0 Å². The molecule has 22 heavy (non-hydrogen) atoms. The van der Waals surface area contributed by atoms with Crippen molar-refractivity contribution < 1.29 is 18.3 Å². The number of Topliss-reactive ketones (excluding diaryl/α,β-unsaturated/α-hetero) is 1. The van der Waals surface area contributed by atoms with Crippen LogP contribution in [0.5, 0.6) is 5.75 Å². The van der Waals surface area contributed by atoms with Crippen LogP contribution in [0.4, 0.5) is 4.39 Å². The van der Waals surface area contributed by atoms with Crippen LogP contribution in [-0.2, 0) is 6.54 Å². The molecule has 0 N–H and O–H groups in total. The zero-order valence-electron chi connectivity index (χ0n) is 11.7. The number of ketones is 1. The van der Waals surface area contributed by atoms with E-state index >= 15 is 0 Å². The van der Waals surface area contributed by atoms with Crippen molar-refractivity contribution in [1.82, 2.24) is 4.57 Å². The average Bonchev–Trinajstić information content (AvgIpc) is 2.83. The molecule has 0 atom stereocenters. The molecule has 0 saturated heterocycles. The van der Waals surface area contributed by atoms with E-state index in [9.17, 15) is 14.0 Å². The second-order valence-electron chi connectivity index (χ2n) is 4.72. The molecule has 0 fully saturated rings. The lowest BCUT2D eigenvalue weighted by molar-refractivity contribution is 0.0970. The van der Waals surface area contributed by atoms with Gasteiger partial charge in [0.25, 0.3) is 0 Å². The number of hydrogen-bond donors (Lipinski definition) is 0. The van der Waals surface area contributed by atoms with Gasteiger partial charge >= 0.3 is 5.76 Å². The normalized spacial score (nSPS) is 10.8. The molecule has 6 heteroatoms. The van der Waals surface area contributed by atoms with E-state index in [0.717, 1.165) is 4.57 Å².